The summed E-state index contributed by atoms with van der Waals surface area (Å²) in [4.78, 5) is 21.7. The molecule has 0 saturated carbocycles. The number of hydrogen-bond acceptors (Lipinski definition) is 4. The van der Waals surface area contributed by atoms with E-state index in [1.807, 2.05) is 19.1 Å². The van der Waals surface area contributed by atoms with Crippen molar-refractivity contribution in [3.8, 4) is 5.75 Å². The zero-order valence-electron chi connectivity index (χ0n) is 6.55. The lowest BCUT2D eigenvalue weighted by atomic mass is 10.2. The number of benzene rings is 1. The lowest BCUT2D eigenvalue weighted by Crippen LogP contribution is -1.66. The first-order valence-corrected chi connectivity index (χ1v) is 4.34. The van der Waals surface area contributed by atoms with Crippen molar-refractivity contribution in [1.82, 2.24) is 0 Å². The van der Waals surface area contributed by atoms with Gasteiger partial charge in [-0.2, -0.15) is 0 Å². The summed E-state index contributed by atoms with van der Waals surface area (Å²) in [6.45, 7) is 1.94. The Morgan fingerprint density at radius 2 is 1.67 bits per heavy atom. The highest BCUT2D eigenvalue weighted by Crippen LogP contribution is 2.11. The number of rotatable bonds is 0. The third-order valence-corrected chi connectivity index (χ3v) is 1.00. The molecule has 0 radical (unpaired) electrons. The van der Waals surface area contributed by atoms with Crippen molar-refractivity contribution in [2.24, 2.45) is 0 Å². The summed E-state index contributed by atoms with van der Waals surface area (Å²) in [5.41, 5.74) is 1.09. The Hall–Kier alpha value is -0.670. The molecule has 0 aliphatic rings. The summed E-state index contributed by atoms with van der Waals surface area (Å²) < 4.78 is 0. The molecule has 12 heavy (non-hydrogen) atoms. The average Bonchev–Trinajstić information content (AvgIpc) is 1.84. The number of aromatic hydroxyl groups is 1. The molecular formula is C7H11O4P. The van der Waals surface area contributed by atoms with Gasteiger partial charge in [0, 0.05) is 0 Å². The number of phenols is 1. The molecule has 0 bridgehead atoms. The van der Waals surface area contributed by atoms with Gasteiger partial charge in [-0.15, -0.1) is 0 Å². The van der Waals surface area contributed by atoms with E-state index in [4.69, 9.17) is 19.8 Å². The SMILES string of the molecule is Cc1cccc(O)c1.OP(O)O. The van der Waals surface area contributed by atoms with Crippen LogP contribution >= 0.6 is 8.60 Å². The first-order valence-electron chi connectivity index (χ1n) is 3.14. The average molecular weight is 190 g/mol. The summed E-state index contributed by atoms with van der Waals surface area (Å²) in [7, 11) is -2.62. The molecule has 1 aromatic rings. The van der Waals surface area contributed by atoms with Gasteiger partial charge in [-0.05, 0) is 24.6 Å². The predicted molar refractivity (Wildman–Crippen MR) is 46.4 cm³/mol. The quantitative estimate of drug-likeness (QED) is 0.458. The maximum Gasteiger partial charge on any atom is 0.324 e. The summed E-state index contributed by atoms with van der Waals surface area (Å²) in [5, 5.41) is 8.81. The molecule has 0 fully saturated rings. The molecular weight excluding hydrogens is 179 g/mol. The second kappa shape index (κ2) is 5.91. The second-order valence-electron chi connectivity index (χ2n) is 2.11. The Kier molecular flexibility index (Phi) is 5.58. The fourth-order valence-corrected chi connectivity index (χ4v) is 0.628. The summed E-state index contributed by atoms with van der Waals surface area (Å²) >= 11 is 0. The van der Waals surface area contributed by atoms with Crippen LogP contribution in [0.15, 0.2) is 24.3 Å². The van der Waals surface area contributed by atoms with Crippen LogP contribution in [0, 0.1) is 6.92 Å². The van der Waals surface area contributed by atoms with Gasteiger partial charge >= 0.3 is 8.60 Å². The largest absolute Gasteiger partial charge is 0.508 e. The van der Waals surface area contributed by atoms with Crippen LogP contribution in [-0.4, -0.2) is 19.8 Å². The third kappa shape index (κ3) is 7.44. The Balaban J connectivity index is 0.000000261. The molecule has 0 atom stereocenters. The van der Waals surface area contributed by atoms with Gasteiger partial charge in [0.25, 0.3) is 0 Å². The van der Waals surface area contributed by atoms with Gasteiger partial charge in [-0.3, -0.25) is 0 Å². The maximum atomic E-state index is 8.81. The standard InChI is InChI=1S/C7H8O.H3O3P/c1-6-3-2-4-7(8)5-6;1-4(2)3/h2-5,8H,1H3;1-3H. The van der Waals surface area contributed by atoms with E-state index in [0.29, 0.717) is 5.75 Å². The molecule has 0 amide bonds. The van der Waals surface area contributed by atoms with E-state index in [0.717, 1.165) is 5.56 Å². The maximum absolute atomic E-state index is 8.81. The van der Waals surface area contributed by atoms with Gasteiger partial charge in [0.15, 0.2) is 0 Å². The molecule has 5 heteroatoms. The summed E-state index contributed by atoms with van der Waals surface area (Å²) in [5.74, 6) is 0.338. The topological polar surface area (TPSA) is 80.9 Å². The monoisotopic (exact) mass is 190 g/mol. The molecule has 0 aliphatic heterocycles. The Morgan fingerprint density at radius 3 is 1.92 bits per heavy atom. The number of hydrogen-bond donors (Lipinski definition) is 4. The van der Waals surface area contributed by atoms with Crippen LogP contribution in [0.25, 0.3) is 0 Å². The molecule has 1 rings (SSSR count). The normalized spacial score (nSPS) is 9.08. The van der Waals surface area contributed by atoms with Crippen molar-refractivity contribution >= 4 is 8.60 Å². The van der Waals surface area contributed by atoms with Crippen molar-refractivity contribution in [2.75, 3.05) is 0 Å². The minimum atomic E-state index is -2.62. The van der Waals surface area contributed by atoms with Crippen molar-refractivity contribution in [3.63, 3.8) is 0 Å². The molecule has 1 aromatic carbocycles. The van der Waals surface area contributed by atoms with Crippen LogP contribution in [0.4, 0.5) is 0 Å². The minimum absolute atomic E-state index is 0.338. The van der Waals surface area contributed by atoms with E-state index >= 15 is 0 Å². The molecule has 4 nitrogen and oxygen atoms in total. The zero-order valence-corrected chi connectivity index (χ0v) is 7.44. The van der Waals surface area contributed by atoms with Gasteiger partial charge in [0.1, 0.15) is 5.75 Å². The van der Waals surface area contributed by atoms with E-state index < -0.39 is 8.60 Å². The van der Waals surface area contributed by atoms with Gasteiger partial charge in [0.2, 0.25) is 0 Å². The van der Waals surface area contributed by atoms with E-state index in [2.05, 4.69) is 0 Å². The van der Waals surface area contributed by atoms with Crippen molar-refractivity contribution in [3.05, 3.63) is 29.8 Å². The number of phenolic OH excluding ortho intramolecular Hbond substituents is 1. The first-order chi connectivity index (χ1) is 5.52. The van der Waals surface area contributed by atoms with E-state index in [-0.39, 0.29) is 0 Å². The first kappa shape index (κ1) is 11.3. The molecule has 0 saturated heterocycles. The Labute approximate surface area is 71.7 Å². The van der Waals surface area contributed by atoms with Crippen molar-refractivity contribution < 1.29 is 19.8 Å². The van der Waals surface area contributed by atoms with Crippen LogP contribution in [-0.2, 0) is 0 Å². The Morgan fingerprint density at radius 1 is 1.17 bits per heavy atom. The van der Waals surface area contributed by atoms with Gasteiger partial charge in [0.05, 0.1) is 0 Å². The van der Waals surface area contributed by atoms with E-state index in [9.17, 15) is 0 Å². The summed E-state index contributed by atoms with van der Waals surface area (Å²) in [6.07, 6.45) is 0. The van der Waals surface area contributed by atoms with Crippen LogP contribution in [0.5, 0.6) is 5.75 Å². The third-order valence-electron chi connectivity index (χ3n) is 1.00. The molecule has 0 spiro atoms. The second-order valence-corrected chi connectivity index (χ2v) is 2.64. The highest BCUT2D eigenvalue weighted by Gasteiger charge is 1.83. The van der Waals surface area contributed by atoms with Crippen LogP contribution in [0.1, 0.15) is 5.56 Å². The zero-order chi connectivity index (χ0) is 9.56. The van der Waals surface area contributed by atoms with Crippen molar-refractivity contribution in [2.45, 2.75) is 6.92 Å². The highest BCUT2D eigenvalue weighted by molar-refractivity contribution is 7.38. The lowest BCUT2D eigenvalue weighted by Gasteiger charge is -1.89. The predicted octanol–water partition coefficient (Wildman–Crippen LogP) is 0.891. The van der Waals surface area contributed by atoms with Gasteiger partial charge in [-0.1, -0.05) is 12.1 Å². The molecule has 0 aliphatic carbocycles. The van der Waals surface area contributed by atoms with E-state index in [1.165, 1.54) is 0 Å². The van der Waals surface area contributed by atoms with Crippen molar-refractivity contribution in [1.29, 1.82) is 0 Å². The van der Waals surface area contributed by atoms with E-state index in [1.54, 1.807) is 12.1 Å². The Bertz CT molecular complexity index is 206. The lowest BCUT2D eigenvalue weighted by molar-refractivity contribution is 0.368. The van der Waals surface area contributed by atoms with Gasteiger partial charge < -0.3 is 19.8 Å². The molecule has 0 aromatic heterocycles. The van der Waals surface area contributed by atoms with Gasteiger partial charge in [-0.25, -0.2) is 0 Å². The van der Waals surface area contributed by atoms with Crippen LogP contribution in [0.2, 0.25) is 0 Å². The highest BCUT2D eigenvalue weighted by atomic mass is 31.2. The minimum Gasteiger partial charge on any atom is -0.508 e. The number of aryl methyl sites for hydroxylation is 1. The molecule has 68 valence electrons. The molecule has 0 heterocycles. The summed E-state index contributed by atoms with van der Waals surface area (Å²) in [6, 6.07) is 7.15. The fraction of sp³-hybridized carbons (Fsp3) is 0.143. The fourth-order valence-electron chi connectivity index (χ4n) is 0.628. The van der Waals surface area contributed by atoms with Crippen LogP contribution in [0.3, 0.4) is 0 Å². The smallest absolute Gasteiger partial charge is 0.324 e. The molecule has 0 unspecified atom stereocenters. The van der Waals surface area contributed by atoms with Crippen LogP contribution < -0.4 is 0 Å². The molecule has 4 N–H and O–H groups in total.